The molecule has 0 aliphatic carbocycles. The van der Waals surface area contributed by atoms with Crippen LogP contribution in [0.5, 0.6) is 5.75 Å². The van der Waals surface area contributed by atoms with Gasteiger partial charge in [-0.05, 0) is 19.1 Å². The zero-order chi connectivity index (χ0) is 22.2. The van der Waals surface area contributed by atoms with E-state index in [1.54, 1.807) is 49.4 Å². The van der Waals surface area contributed by atoms with Crippen LogP contribution in [0, 0.1) is 20.2 Å². The highest BCUT2D eigenvalue weighted by Crippen LogP contribution is 2.44. The predicted octanol–water partition coefficient (Wildman–Crippen LogP) is 4.90. The molecular weight excluding hydrogens is 400 g/mol. The summed E-state index contributed by atoms with van der Waals surface area (Å²) in [6, 6.07) is 17.5. The Morgan fingerprint density at radius 1 is 0.968 bits per heavy atom. The number of hydrogen-bond donors (Lipinski definition) is 1. The molecule has 1 unspecified atom stereocenters. The second kappa shape index (κ2) is 7.52. The van der Waals surface area contributed by atoms with Gasteiger partial charge in [0.2, 0.25) is 0 Å². The molecule has 0 saturated heterocycles. The summed E-state index contributed by atoms with van der Waals surface area (Å²) in [6.45, 7) is 1.80. The number of para-hydroxylation sites is 1. The van der Waals surface area contributed by atoms with Crippen molar-refractivity contribution in [1.82, 2.24) is 0 Å². The van der Waals surface area contributed by atoms with E-state index in [1.807, 2.05) is 0 Å². The van der Waals surface area contributed by atoms with Gasteiger partial charge in [-0.3, -0.25) is 20.2 Å². The number of non-ortho nitro benzene ring substituents is 2. The number of nitrogen functional groups attached to an aromatic ring is 1. The Kier molecular flexibility index (Phi) is 4.86. The lowest BCUT2D eigenvalue weighted by molar-refractivity contribution is -0.385. The molecular formula is C22H18N4O5. The maximum atomic E-state index is 11.3. The fraction of sp³-hybridized carbons (Fsp3) is 0.136. The van der Waals surface area contributed by atoms with E-state index >= 15 is 0 Å². The minimum atomic E-state index is -1.03. The van der Waals surface area contributed by atoms with Gasteiger partial charge in [0.15, 0.2) is 0 Å². The molecule has 0 radical (unpaired) electrons. The Labute approximate surface area is 177 Å². The number of ether oxygens (including phenoxy) is 1. The Balaban J connectivity index is 1.90. The van der Waals surface area contributed by atoms with Gasteiger partial charge in [-0.1, -0.05) is 30.3 Å². The zero-order valence-corrected chi connectivity index (χ0v) is 16.5. The molecule has 3 aromatic rings. The Morgan fingerprint density at radius 3 is 2.32 bits per heavy atom. The van der Waals surface area contributed by atoms with Gasteiger partial charge in [-0.15, -0.1) is 0 Å². The number of rotatable bonds is 4. The largest absolute Gasteiger partial charge is 0.480 e. The summed E-state index contributed by atoms with van der Waals surface area (Å²) in [7, 11) is 0. The highest BCUT2D eigenvalue weighted by Gasteiger charge is 2.36. The summed E-state index contributed by atoms with van der Waals surface area (Å²) >= 11 is 0. The first-order valence-corrected chi connectivity index (χ1v) is 9.42. The number of nitro groups is 2. The first kappa shape index (κ1) is 20.0. The number of hydrogen-bond acceptors (Lipinski definition) is 7. The molecule has 1 aliphatic rings. The predicted molar refractivity (Wildman–Crippen MR) is 116 cm³/mol. The first-order valence-electron chi connectivity index (χ1n) is 9.42. The van der Waals surface area contributed by atoms with Gasteiger partial charge in [0.25, 0.3) is 11.4 Å². The van der Waals surface area contributed by atoms with Crippen LogP contribution < -0.4 is 10.5 Å². The summed E-state index contributed by atoms with van der Waals surface area (Å²) in [6.07, 6.45) is 0.212. The molecule has 156 valence electrons. The molecule has 0 fully saturated rings. The monoisotopic (exact) mass is 418 g/mol. The van der Waals surface area contributed by atoms with Gasteiger partial charge < -0.3 is 10.5 Å². The molecule has 0 saturated carbocycles. The number of anilines is 1. The van der Waals surface area contributed by atoms with E-state index in [4.69, 9.17) is 15.5 Å². The lowest BCUT2D eigenvalue weighted by Crippen LogP contribution is -2.32. The molecule has 0 spiro atoms. The van der Waals surface area contributed by atoms with Crippen molar-refractivity contribution in [2.24, 2.45) is 4.99 Å². The zero-order valence-electron chi connectivity index (χ0n) is 16.5. The lowest BCUT2D eigenvalue weighted by Gasteiger charge is -2.30. The molecule has 1 aliphatic heterocycles. The van der Waals surface area contributed by atoms with Crippen molar-refractivity contribution in [3.05, 3.63) is 98.1 Å². The van der Waals surface area contributed by atoms with Gasteiger partial charge in [0.1, 0.15) is 17.0 Å². The van der Waals surface area contributed by atoms with Crippen LogP contribution in [0.2, 0.25) is 0 Å². The maximum Gasteiger partial charge on any atom is 0.270 e. The summed E-state index contributed by atoms with van der Waals surface area (Å²) in [5, 5.41) is 22.6. The minimum Gasteiger partial charge on any atom is -0.480 e. The van der Waals surface area contributed by atoms with Gasteiger partial charge in [0, 0.05) is 41.8 Å². The molecule has 1 atom stereocenters. The number of nitrogens with two attached hydrogens (primary N) is 1. The van der Waals surface area contributed by atoms with Crippen LogP contribution in [0.3, 0.4) is 0 Å². The van der Waals surface area contributed by atoms with Gasteiger partial charge >= 0.3 is 0 Å². The summed E-state index contributed by atoms with van der Waals surface area (Å²) in [4.78, 5) is 26.3. The molecule has 0 amide bonds. The van der Waals surface area contributed by atoms with Crippen LogP contribution in [-0.2, 0) is 5.60 Å². The van der Waals surface area contributed by atoms with Crippen LogP contribution >= 0.6 is 0 Å². The maximum absolute atomic E-state index is 11.3. The second-order valence-corrected chi connectivity index (χ2v) is 7.38. The molecule has 9 nitrogen and oxygen atoms in total. The van der Waals surface area contributed by atoms with Crippen LogP contribution in [0.4, 0.5) is 22.7 Å². The molecule has 4 rings (SSSR count). The van der Waals surface area contributed by atoms with E-state index < -0.39 is 15.4 Å². The van der Waals surface area contributed by atoms with Crippen molar-refractivity contribution in [3.8, 4) is 5.75 Å². The highest BCUT2D eigenvalue weighted by molar-refractivity contribution is 6.04. The van der Waals surface area contributed by atoms with E-state index in [1.165, 1.54) is 24.3 Å². The molecule has 2 N–H and O–H groups in total. The average molecular weight is 418 g/mol. The van der Waals surface area contributed by atoms with E-state index in [-0.39, 0.29) is 17.8 Å². The van der Waals surface area contributed by atoms with Crippen LogP contribution in [-0.4, -0.2) is 15.6 Å². The number of benzene rings is 3. The fourth-order valence-corrected chi connectivity index (χ4v) is 3.59. The van der Waals surface area contributed by atoms with Crippen LogP contribution in [0.25, 0.3) is 0 Å². The van der Waals surface area contributed by atoms with Crippen LogP contribution in [0.15, 0.2) is 71.7 Å². The molecule has 3 aromatic carbocycles. The van der Waals surface area contributed by atoms with E-state index in [9.17, 15) is 20.2 Å². The smallest absolute Gasteiger partial charge is 0.270 e. The van der Waals surface area contributed by atoms with E-state index in [0.29, 0.717) is 34.0 Å². The van der Waals surface area contributed by atoms with E-state index in [0.717, 1.165) is 0 Å². The average Bonchev–Trinajstić information content (AvgIpc) is 2.91. The van der Waals surface area contributed by atoms with Gasteiger partial charge in [0.05, 0.1) is 21.2 Å². The van der Waals surface area contributed by atoms with Gasteiger partial charge in [-0.2, -0.15) is 0 Å². The highest BCUT2D eigenvalue weighted by atomic mass is 16.6. The third kappa shape index (κ3) is 3.80. The number of nitro benzene ring substituents is 2. The number of nitrogens with zero attached hydrogens (tertiary/aromatic N) is 3. The SMILES string of the molecule is CC1(c2cccc([N+](=O)[O-])c2)CC(c2cccc([N+](=O)[O-])c2)=Nc2c(N)cccc2O1. The van der Waals surface area contributed by atoms with E-state index in [2.05, 4.69) is 0 Å². The third-order valence-corrected chi connectivity index (χ3v) is 5.17. The van der Waals surface area contributed by atoms with Gasteiger partial charge in [-0.25, -0.2) is 4.99 Å². The molecule has 1 heterocycles. The van der Waals surface area contributed by atoms with Crippen molar-refractivity contribution < 1.29 is 14.6 Å². The Morgan fingerprint density at radius 2 is 1.61 bits per heavy atom. The Hall–Kier alpha value is -4.27. The van der Waals surface area contributed by atoms with Crippen molar-refractivity contribution in [3.63, 3.8) is 0 Å². The molecule has 31 heavy (non-hydrogen) atoms. The summed E-state index contributed by atoms with van der Waals surface area (Å²) < 4.78 is 6.32. The topological polar surface area (TPSA) is 134 Å². The quantitative estimate of drug-likeness (QED) is 0.364. The van der Waals surface area contributed by atoms with Crippen molar-refractivity contribution in [1.29, 1.82) is 0 Å². The molecule has 9 heteroatoms. The lowest BCUT2D eigenvalue weighted by atomic mass is 9.87. The fourth-order valence-electron chi connectivity index (χ4n) is 3.59. The van der Waals surface area contributed by atoms with Crippen LogP contribution in [0.1, 0.15) is 24.5 Å². The first-order chi connectivity index (χ1) is 14.8. The minimum absolute atomic E-state index is 0.0618. The number of fused-ring (bicyclic) bond motifs is 1. The number of aliphatic imine (C=N–C) groups is 1. The van der Waals surface area contributed by atoms with Crippen molar-refractivity contribution in [2.75, 3.05) is 5.73 Å². The van der Waals surface area contributed by atoms with Crippen molar-refractivity contribution >= 4 is 28.5 Å². The molecule has 0 aromatic heterocycles. The summed E-state index contributed by atoms with van der Waals surface area (Å²) in [5.74, 6) is 0.425. The standard InChI is InChI=1S/C22H18N4O5/c1-22(15-6-3-8-17(12-15)26(29)30)13-19(14-5-2-7-16(11-14)25(27)28)24-21-18(23)9-4-10-20(21)31-22/h2-12H,13,23H2,1H3. The Bertz CT molecular complexity index is 1240. The normalized spacial score (nSPS) is 17.6. The second-order valence-electron chi connectivity index (χ2n) is 7.38. The third-order valence-electron chi connectivity index (χ3n) is 5.17. The van der Waals surface area contributed by atoms with Crippen molar-refractivity contribution in [2.45, 2.75) is 18.9 Å². The summed E-state index contributed by atoms with van der Waals surface area (Å²) in [5.41, 5.74) is 7.43. The molecule has 0 bridgehead atoms.